The zero-order valence-corrected chi connectivity index (χ0v) is 11.6. The molecule has 1 N–H and O–H groups in total. The van der Waals surface area contributed by atoms with E-state index in [0.717, 1.165) is 13.2 Å². The smallest absolute Gasteiger partial charge is 0.107 e. The first-order valence-electron chi connectivity index (χ1n) is 6.79. The normalized spacial score (nSPS) is 26.8. The maximum atomic E-state index is 9.68. The van der Waals surface area contributed by atoms with E-state index in [1.807, 2.05) is 0 Å². The summed E-state index contributed by atoms with van der Waals surface area (Å²) < 4.78 is 26.7. The van der Waals surface area contributed by atoms with Crippen LogP contribution >= 0.6 is 0 Å². The van der Waals surface area contributed by atoms with Crippen LogP contribution in [-0.2, 0) is 23.7 Å². The van der Waals surface area contributed by atoms with Gasteiger partial charge in [-0.2, -0.15) is 0 Å². The Kier molecular flexibility index (Phi) is 6.23. The van der Waals surface area contributed by atoms with Crippen LogP contribution in [0, 0.1) is 17.8 Å². The van der Waals surface area contributed by atoms with E-state index < -0.39 is 5.41 Å². The van der Waals surface area contributed by atoms with Crippen molar-refractivity contribution in [1.29, 1.82) is 0 Å². The van der Waals surface area contributed by atoms with Crippen LogP contribution in [0.25, 0.3) is 0 Å². The van der Waals surface area contributed by atoms with Crippen LogP contribution in [-0.4, -0.2) is 76.8 Å². The lowest BCUT2D eigenvalue weighted by Crippen LogP contribution is -2.41. The number of ether oxygens (including phenoxy) is 5. The molecule has 2 rings (SSSR count). The van der Waals surface area contributed by atoms with Gasteiger partial charge in [0.15, 0.2) is 0 Å². The Hall–Kier alpha value is -0.680. The van der Waals surface area contributed by atoms with Gasteiger partial charge in [-0.3, -0.25) is 0 Å². The molecule has 6 nitrogen and oxygen atoms in total. The molecule has 114 valence electrons. The average Bonchev–Trinajstić information content (AvgIpc) is 3.33. The van der Waals surface area contributed by atoms with Crippen LogP contribution in [0.15, 0.2) is 0 Å². The molecule has 0 aromatic heterocycles. The molecule has 0 aliphatic carbocycles. The number of hydrogen-bond donors (Lipinski definition) is 1. The van der Waals surface area contributed by atoms with Gasteiger partial charge in [-0.05, 0) is 0 Å². The molecule has 0 radical (unpaired) electrons. The van der Waals surface area contributed by atoms with Crippen LogP contribution < -0.4 is 0 Å². The summed E-state index contributed by atoms with van der Waals surface area (Å²) in [5.74, 6) is 2.41. The maximum Gasteiger partial charge on any atom is 0.107 e. The van der Waals surface area contributed by atoms with Crippen molar-refractivity contribution in [3.8, 4) is 12.3 Å². The van der Waals surface area contributed by atoms with Crippen LogP contribution in [0.4, 0.5) is 0 Å². The van der Waals surface area contributed by atoms with Gasteiger partial charge in [-0.1, -0.05) is 5.92 Å². The van der Waals surface area contributed by atoms with Crippen molar-refractivity contribution in [2.75, 3.05) is 59.5 Å². The molecule has 0 aromatic rings. The lowest BCUT2D eigenvalue weighted by molar-refractivity contribution is -0.0915. The van der Waals surface area contributed by atoms with Gasteiger partial charge in [0, 0.05) is 0 Å². The fourth-order valence-electron chi connectivity index (χ4n) is 1.73. The highest BCUT2D eigenvalue weighted by Gasteiger charge is 2.34. The van der Waals surface area contributed by atoms with Crippen molar-refractivity contribution in [1.82, 2.24) is 0 Å². The molecule has 0 spiro atoms. The zero-order valence-electron chi connectivity index (χ0n) is 11.6. The van der Waals surface area contributed by atoms with Gasteiger partial charge in [0.05, 0.1) is 58.3 Å². The zero-order chi connectivity index (χ0) is 14.3. The largest absolute Gasteiger partial charge is 0.396 e. The first-order valence-corrected chi connectivity index (χ1v) is 6.79. The fourth-order valence-corrected chi connectivity index (χ4v) is 1.73. The lowest BCUT2D eigenvalue weighted by atomic mass is 9.92. The second-order valence-corrected chi connectivity index (χ2v) is 5.30. The summed E-state index contributed by atoms with van der Waals surface area (Å²) in [7, 11) is 0. The first-order chi connectivity index (χ1) is 9.78. The van der Waals surface area contributed by atoms with Crippen LogP contribution in [0.2, 0.25) is 0 Å². The minimum atomic E-state index is -0.597. The van der Waals surface area contributed by atoms with E-state index in [0.29, 0.717) is 33.0 Å². The number of epoxide rings is 2. The number of hydrogen-bond acceptors (Lipinski definition) is 6. The third-order valence-electron chi connectivity index (χ3n) is 3.16. The van der Waals surface area contributed by atoms with E-state index in [2.05, 4.69) is 5.92 Å². The third kappa shape index (κ3) is 5.75. The monoisotopic (exact) mass is 286 g/mol. The Morgan fingerprint density at radius 3 is 1.95 bits per heavy atom. The summed E-state index contributed by atoms with van der Waals surface area (Å²) in [4.78, 5) is 0. The summed E-state index contributed by atoms with van der Waals surface area (Å²) in [6, 6.07) is 0. The SMILES string of the molecule is C#CCOCC(CO)(COCC1CO1)COCC1CO1. The number of aliphatic hydroxyl groups is 1. The molecule has 2 heterocycles. The van der Waals surface area contributed by atoms with Crippen LogP contribution in [0.3, 0.4) is 0 Å². The molecule has 2 aliphatic rings. The summed E-state index contributed by atoms with van der Waals surface area (Å²) in [6.07, 6.45) is 5.55. The van der Waals surface area contributed by atoms with Gasteiger partial charge >= 0.3 is 0 Å². The highest BCUT2D eigenvalue weighted by atomic mass is 16.6. The number of terminal acetylenes is 1. The highest BCUT2D eigenvalue weighted by molar-refractivity contribution is 4.85. The molecule has 2 saturated heterocycles. The quantitative estimate of drug-likeness (QED) is 0.295. The van der Waals surface area contributed by atoms with Crippen LogP contribution in [0.5, 0.6) is 0 Å². The van der Waals surface area contributed by atoms with Crippen molar-refractivity contribution in [3.05, 3.63) is 0 Å². The predicted octanol–water partition coefficient (Wildman–Crippen LogP) is -0.554. The van der Waals surface area contributed by atoms with Crippen molar-refractivity contribution < 1.29 is 28.8 Å². The highest BCUT2D eigenvalue weighted by Crippen LogP contribution is 2.21. The van der Waals surface area contributed by atoms with E-state index in [1.165, 1.54) is 0 Å². The molecular formula is C14H22O6. The average molecular weight is 286 g/mol. The lowest BCUT2D eigenvalue weighted by Gasteiger charge is -2.30. The van der Waals surface area contributed by atoms with E-state index in [4.69, 9.17) is 30.1 Å². The van der Waals surface area contributed by atoms with Gasteiger partial charge in [0.2, 0.25) is 0 Å². The van der Waals surface area contributed by atoms with E-state index in [1.54, 1.807) is 0 Å². The van der Waals surface area contributed by atoms with Crippen molar-refractivity contribution in [2.24, 2.45) is 5.41 Å². The van der Waals surface area contributed by atoms with E-state index >= 15 is 0 Å². The van der Waals surface area contributed by atoms with E-state index in [-0.39, 0.29) is 25.4 Å². The Balaban J connectivity index is 1.74. The van der Waals surface area contributed by atoms with Crippen molar-refractivity contribution in [3.63, 3.8) is 0 Å². The summed E-state index contributed by atoms with van der Waals surface area (Å²) in [5.41, 5.74) is -0.597. The summed E-state index contributed by atoms with van der Waals surface area (Å²) >= 11 is 0. The predicted molar refractivity (Wildman–Crippen MR) is 70.3 cm³/mol. The minimum absolute atomic E-state index is 0.0887. The molecule has 2 atom stereocenters. The third-order valence-corrected chi connectivity index (χ3v) is 3.16. The Morgan fingerprint density at radius 1 is 1.05 bits per heavy atom. The Morgan fingerprint density at radius 2 is 1.55 bits per heavy atom. The topological polar surface area (TPSA) is 73.0 Å². The second-order valence-electron chi connectivity index (χ2n) is 5.30. The minimum Gasteiger partial charge on any atom is -0.396 e. The van der Waals surface area contributed by atoms with Crippen molar-refractivity contribution >= 4 is 0 Å². The summed E-state index contributed by atoms with van der Waals surface area (Å²) in [6.45, 7) is 3.66. The first kappa shape index (κ1) is 15.7. The standard InChI is InChI=1S/C14H22O6/c1-2-3-16-9-14(8-15,10-17-4-12-6-19-12)11-18-5-13-7-20-13/h1,12-13,15H,3-11H2. The molecule has 6 heteroatoms. The van der Waals surface area contributed by atoms with Gasteiger partial charge in [-0.25, -0.2) is 0 Å². The van der Waals surface area contributed by atoms with Gasteiger partial charge in [0.1, 0.15) is 18.8 Å². The number of rotatable bonds is 12. The van der Waals surface area contributed by atoms with Crippen LogP contribution in [0.1, 0.15) is 0 Å². The van der Waals surface area contributed by atoms with E-state index in [9.17, 15) is 5.11 Å². The second kappa shape index (κ2) is 7.93. The van der Waals surface area contributed by atoms with Gasteiger partial charge in [0.25, 0.3) is 0 Å². The Labute approximate surface area is 119 Å². The van der Waals surface area contributed by atoms with Crippen molar-refractivity contribution in [2.45, 2.75) is 12.2 Å². The molecule has 0 amide bonds. The molecule has 20 heavy (non-hydrogen) atoms. The summed E-state index contributed by atoms with van der Waals surface area (Å²) in [5, 5.41) is 9.68. The molecular weight excluding hydrogens is 264 g/mol. The molecule has 0 saturated carbocycles. The molecule has 0 aromatic carbocycles. The fraction of sp³-hybridized carbons (Fsp3) is 0.857. The Bertz CT molecular complexity index is 300. The van der Waals surface area contributed by atoms with Gasteiger partial charge < -0.3 is 28.8 Å². The van der Waals surface area contributed by atoms with Gasteiger partial charge in [-0.15, -0.1) is 6.42 Å². The molecule has 2 fully saturated rings. The number of aliphatic hydroxyl groups excluding tert-OH is 1. The molecule has 0 bridgehead atoms. The maximum absolute atomic E-state index is 9.68. The molecule has 2 aliphatic heterocycles. The molecule has 2 unspecified atom stereocenters.